The normalized spacial score (nSPS) is 11.0. The van der Waals surface area contributed by atoms with Gasteiger partial charge in [0.1, 0.15) is 11.6 Å². The van der Waals surface area contributed by atoms with Crippen LogP contribution in [0.3, 0.4) is 0 Å². The van der Waals surface area contributed by atoms with E-state index in [0.29, 0.717) is 31.0 Å². The zero-order chi connectivity index (χ0) is 21.6. The Morgan fingerprint density at radius 3 is 2.68 bits per heavy atom. The summed E-state index contributed by atoms with van der Waals surface area (Å²) in [7, 11) is 0. The molecular formula is C23H23FN4O2S. The van der Waals surface area contributed by atoms with Gasteiger partial charge in [0.05, 0.1) is 12.3 Å². The van der Waals surface area contributed by atoms with E-state index in [1.165, 1.54) is 23.5 Å². The largest absolute Gasteiger partial charge is 0.494 e. The van der Waals surface area contributed by atoms with E-state index in [0.717, 1.165) is 34.8 Å². The topological polar surface area (TPSA) is 68.5 Å². The van der Waals surface area contributed by atoms with Gasteiger partial charge < -0.3 is 10.1 Å². The van der Waals surface area contributed by atoms with E-state index in [-0.39, 0.29) is 11.7 Å². The number of rotatable bonds is 9. The number of amides is 1. The molecule has 0 bridgehead atoms. The number of hydrogen-bond donors (Lipinski definition) is 1. The van der Waals surface area contributed by atoms with Gasteiger partial charge in [-0.25, -0.2) is 8.91 Å². The molecule has 0 saturated carbocycles. The van der Waals surface area contributed by atoms with Crippen molar-refractivity contribution in [2.24, 2.45) is 0 Å². The predicted molar refractivity (Wildman–Crippen MR) is 119 cm³/mol. The van der Waals surface area contributed by atoms with Crippen LogP contribution >= 0.6 is 11.3 Å². The molecule has 1 N–H and O–H groups in total. The number of carbonyl (C=O) groups is 1. The summed E-state index contributed by atoms with van der Waals surface area (Å²) in [4.78, 5) is 17.7. The number of aromatic nitrogens is 3. The third-order valence-electron chi connectivity index (χ3n) is 4.80. The number of thiazole rings is 1. The number of hydrogen-bond acceptors (Lipinski definition) is 5. The number of benzene rings is 2. The van der Waals surface area contributed by atoms with E-state index < -0.39 is 0 Å². The number of unbranched alkanes of at least 4 members (excludes halogenated alkanes) is 1. The second kappa shape index (κ2) is 9.70. The van der Waals surface area contributed by atoms with Crippen LogP contribution in [-0.4, -0.2) is 33.7 Å². The lowest BCUT2D eigenvalue weighted by atomic mass is 10.2. The van der Waals surface area contributed by atoms with Gasteiger partial charge in [-0.15, -0.1) is 16.4 Å². The summed E-state index contributed by atoms with van der Waals surface area (Å²) in [6.07, 6.45) is 2.71. The van der Waals surface area contributed by atoms with Crippen LogP contribution in [0.1, 0.15) is 35.8 Å². The molecule has 4 aromatic rings. The molecule has 2 heterocycles. The number of ether oxygens (including phenoxy) is 1. The van der Waals surface area contributed by atoms with Crippen molar-refractivity contribution in [2.45, 2.75) is 26.2 Å². The molecule has 0 aliphatic rings. The van der Waals surface area contributed by atoms with E-state index in [1.54, 1.807) is 28.8 Å². The molecule has 0 spiro atoms. The first-order valence-corrected chi connectivity index (χ1v) is 11.1. The molecule has 8 heteroatoms. The molecule has 0 fully saturated rings. The average molecular weight is 439 g/mol. The van der Waals surface area contributed by atoms with Gasteiger partial charge in [0.15, 0.2) is 5.82 Å². The molecule has 2 aromatic heterocycles. The average Bonchev–Trinajstić information content (AvgIpc) is 3.37. The third-order valence-corrected chi connectivity index (χ3v) is 5.67. The van der Waals surface area contributed by atoms with Crippen LogP contribution in [0.25, 0.3) is 16.3 Å². The van der Waals surface area contributed by atoms with Crippen molar-refractivity contribution in [1.82, 2.24) is 19.9 Å². The molecule has 0 unspecified atom stereocenters. The predicted octanol–water partition coefficient (Wildman–Crippen LogP) is 4.75. The molecule has 0 saturated heterocycles. The standard InChI is InChI=1S/C23H23FN4O2S/c1-2-3-14-30-20-10-6-17(7-11-20)22(29)25-13-12-19-15-31-23-26-21(27-28(19)23)16-4-8-18(24)9-5-16/h4-11,15H,2-3,12-14H2,1H3,(H,25,29). The summed E-state index contributed by atoms with van der Waals surface area (Å²) in [5.74, 6) is 0.907. The molecule has 0 aliphatic carbocycles. The second-order valence-corrected chi connectivity index (χ2v) is 7.93. The Balaban J connectivity index is 1.34. The fourth-order valence-corrected chi connectivity index (χ4v) is 3.92. The van der Waals surface area contributed by atoms with Gasteiger partial charge >= 0.3 is 0 Å². The van der Waals surface area contributed by atoms with Crippen molar-refractivity contribution in [3.63, 3.8) is 0 Å². The van der Waals surface area contributed by atoms with Crippen molar-refractivity contribution >= 4 is 22.2 Å². The van der Waals surface area contributed by atoms with Crippen molar-refractivity contribution in [3.05, 3.63) is 71.0 Å². The van der Waals surface area contributed by atoms with Crippen LogP contribution < -0.4 is 10.1 Å². The van der Waals surface area contributed by atoms with Crippen molar-refractivity contribution in [3.8, 4) is 17.1 Å². The highest BCUT2D eigenvalue weighted by atomic mass is 32.1. The first kappa shape index (κ1) is 21.0. The Labute approximate surface area is 183 Å². The lowest BCUT2D eigenvalue weighted by Gasteiger charge is -2.07. The second-order valence-electron chi connectivity index (χ2n) is 7.10. The van der Waals surface area contributed by atoms with Crippen LogP contribution in [0, 0.1) is 5.82 Å². The number of halogens is 1. The molecule has 0 atom stereocenters. The molecule has 4 rings (SSSR count). The number of carbonyl (C=O) groups excluding carboxylic acids is 1. The molecule has 0 radical (unpaired) electrons. The molecule has 2 aromatic carbocycles. The minimum absolute atomic E-state index is 0.128. The van der Waals surface area contributed by atoms with Gasteiger partial charge in [0, 0.05) is 29.5 Å². The number of nitrogens with one attached hydrogen (secondary N) is 1. The van der Waals surface area contributed by atoms with Crippen molar-refractivity contribution in [2.75, 3.05) is 13.2 Å². The Hall–Kier alpha value is -3.26. The minimum atomic E-state index is -0.292. The summed E-state index contributed by atoms with van der Waals surface area (Å²) in [6.45, 7) is 3.28. The van der Waals surface area contributed by atoms with Crippen LogP contribution in [0.4, 0.5) is 4.39 Å². The van der Waals surface area contributed by atoms with Crippen LogP contribution in [-0.2, 0) is 6.42 Å². The fraction of sp³-hybridized carbons (Fsp3) is 0.261. The quantitative estimate of drug-likeness (QED) is 0.383. The Morgan fingerprint density at radius 2 is 1.94 bits per heavy atom. The van der Waals surface area contributed by atoms with E-state index in [1.807, 2.05) is 17.5 Å². The maximum atomic E-state index is 13.1. The van der Waals surface area contributed by atoms with Gasteiger partial charge in [0.25, 0.3) is 5.91 Å². The lowest BCUT2D eigenvalue weighted by molar-refractivity contribution is 0.0954. The van der Waals surface area contributed by atoms with Crippen molar-refractivity contribution in [1.29, 1.82) is 0 Å². The highest BCUT2D eigenvalue weighted by Crippen LogP contribution is 2.21. The SMILES string of the molecule is CCCCOc1ccc(C(=O)NCCc2csc3nc(-c4ccc(F)cc4)nn23)cc1. The monoisotopic (exact) mass is 438 g/mol. The van der Waals surface area contributed by atoms with E-state index >= 15 is 0 Å². The highest BCUT2D eigenvalue weighted by molar-refractivity contribution is 7.15. The molecule has 31 heavy (non-hydrogen) atoms. The van der Waals surface area contributed by atoms with Gasteiger partial charge in [-0.2, -0.15) is 4.98 Å². The summed E-state index contributed by atoms with van der Waals surface area (Å²) >= 11 is 1.49. The first-order chi connectivity index (χ1) is 15.1. The zero-order valence-corrected chi connectivity index (χ0v) is 18.0. The maximum Gasteiger partial charge on any atom is 0.251 e. The van der Waals surface area contributed by atoms with E-state index in [2.05, 4.69) is 22.3 Å². The molecule has 1 amide bonds. The van der Waals surface area contributed by atoms with Crippen LogP contribution in [0.15, 0.2) is 53.9 Å². The summed E-state index contributed by atoms with van der Waals surface area (Å²) in [5.41, 5.74) is 2.32. The smallest absolute Gasteiger partial charge is 0.251 e. The molecular weight excluding hydrogens is 415 g/mol. The molecule has 6 nitrogen and oxygen atoms in total. The van der Waals surface area contributed by atoms with E-state index in [4.69, 9.17) is 4.74 Å². The Kier molecular flexibility index (Phi) is 6.57. The van der Waals surface area contributed by atoms with E-state index in [9.17, 15) is 9.18 Å². The molecule has 160 valence electrons. The first-order valence-electron chi connectivity index (χ1n) is 10.2. The maximum absolute atomic E-state index is 13.1. The van der Waals surface area contributed by atoms with Gasteiger partial charge in [-0.05, 0) is 55.0 Å². The van der Waals surface area contributed by atoms with Crippen LogP contribution in [0.2, 0.25) is 0 Å². The van der Waals surface area contributed by atoms with Crippen molar-refractivity contribution < 1.29 is 13.9 Å². The lowest BCUT2D eigenvalue weighted by Crippen LogP contribution is -2.26. The summed E-state index contributed by atoms with van der Waals surface area (Å²) in [5, 5.41) is 9.46. The minimum Gasteiger partial charge on any atom is -0.494 e. The Morgan fingerprint density at radius 1 is 1.16 bits per heavy atom. The molecule has 0 aliphatic heterocycles. The van der Waals surface area contributed by atoms with Crippen LogP contribution in [0.5, 0.6) is 5.75 Å². The van der Waals surface area contributed by atoms with Gasteiger partial charge in [-0.1, -0.05) is 13.3 Å². The van der Waals surface area contributed by atoms with Gasteiger partial charge in [0.2, 0.25) is 4.96 Å². The fourth-order valence-electron chi connectivity index (χ4n) is 3.06. The zero-order valence-electron chi connectivity index (χ0n) is 17.2. The van der Waals surface area contributed by atoms with Gasteiger partial charge in [-0.3, -0.25) is 4.79 Å². The highest BCUT2D eigenvalue weighted by Gasteiger charge is 2.12. The summed E-state index contributed by atoms with van der Waals surface area (Å²) < 4.78 is 20.5. The number of nitrogens with zero attached hydrogens (tertiary/aromatic N) is 3. The number of fused-ring (bicyclic) bond motifs is 1. The summed E-state index contributed by atoms with van der Waals surface area (Å²) in [6, 6.07) is 13.3. The Bertz CT molecular complexity index is 1150. The third kappa shape index (κ3) is 5.08.